The molecule has 0 aliphatic carbocycles. The fourth-order valence-electron chi connectivity index (χ4n) is 7.36. The van der Waals surface area contributed by atoms with Gasteiger partial charge in [-0.25, -0.2) is 0 Å². The van der Waals surface area contributed by atoms with E-state index in [9.17, 15) is 0 Å². The van der Waals surface area contributed by atoms with Gasteiger partial charge in [-0.3, -0.25) is 0 Å². The summed E-state index contributed by atoms with van der Waals surface area (Å²) < 4.78 is 0. The minimum atomic E-state index is 1.04. The predicted molar refractivity (Wildman–Crippen MR) is 248 cm³/mol. The predicted octanol–water partition coefficient (Wildman–Crippen LogP) is 15.7. The number of para-hydroxylation sites is 4. The van der Waals surface area contributed by atoms with Crippen molar-refractivity contribution in [3.8, 4) is 22.3 Å². The van der Waals surface area contributed by atoms with Crippen LogP contribution in [0.2, 0.25) is 0 Å². The highest BCUT2D eigenvalue weighted by molar-refractivity contribution is 5.82. The van der Waals surface area contributed by atoms with E-state index in [0.29, 0.717) is 0 Å². The lowest BCUT2D eigenvalue weighted by molar-refractivity contribution is 1.21. The van der Waals surface area contributed by atoms with Gasteiger partial charge in [-0.1, -0.05) is 140 Å². The molecule has 280 valence electrons. The zero-order valence-electron chi connectivity index (χ0n) is 32.6. The van der Waals surface area contributed by atoms with Gasteiger partial charge in [0.15, 0.2) is 0 Å². The van der Waals surface area contributed by atoms with Gasteiger partial charge >= 0.3 is 0 Å². The molecule has 0 spiro atoms. The van der Waals surface area contributed by atoms with Gasteiger partial charge in [0, 0.05) is 51.2 Å². The smallest absolute Gasteiger partial charge is 0.0462 e. The Labute approximate surface area is 343 Å². The van der Waals surface area contributed by atoms with Crippen LogP contribution in [0.3, 0.4) is 0 Å². The topological polar surface area (TPSA) is 9.72 Å². The van der Waals surface area contributed by atoms with E-state index < -0.39 is 0 Å². The zero-order chi connectivity index (χ0) is 39.5. The fraction of sp³-hybridized carbons (Fsp3) is 0.0182. The zero-order valence-corrected chi connectivity index (χ0v) is 32.6. The molecule has 0 aromatic heterocycles. The number of nitrogens with zero attached hydrogens (tertiary/aromatic N) is 3. The van der Waals surface area contributed by atoms with Crippen LogP contribution in [0.5, 0.6) is 0 Å². The highest BCUT2D eigenvalue weighted by Crippen LogP contribution is 2.39. The van der Waals surface area contributed by atoms with Crippen LogP contribution in [0, 0.1) is 0 Å². The summed E-state index contributed by atoms with van der Waals surface area (Å²) in [4.78, 5) is 6.84. The summed E-state index contributed by atoms with van der Waals surface area (Å²) in [5.41, 5.74) is 14.5. The summed E-state index contributed by atoms with van der Waals surface area (Å²) in [6.45, 7) is 6.00. The molecule has 58 heavy (non-hydrogen) atoms. The number of benzene rings is 8. The van der Waals surface area contributed by atoms with Crippen molar-refractivity contribution < 1.29 is 0 Å². The highest BCUT2D eigenvalue weighted by Gasteiger charge is 2.16. The minimum Gasteiger partial charge on any atom is -0.311 e. The number of rotatable bonds is 13. The monoisotopic (exact) mass is 747 g/mol. The van der Waals surface area contributed by atoms with E-state index in [0.717, 1.165) is 67.9 Å². The highest BCUT2D eigenvalue weighted by atomic mass is 15.2. The van der Waals surface area contributed by atoms with Gasteiger partial charge in [-0.2, -0.15) is 0 Å². The van der Waals surface area contributed by atoms with Crippen molar-refractivity contribution in [1.29, 1.82) is 0 Å². The summed E-state index contributed by atoms with van der Waals surface area (Å²) in [7, 11) is 0. The van der Waals surface area contributed by atoms with E-state index in [1.165, 1.54) is 5.56 Å². The molecule has 0 unspecified atom stereocenters. The van der Waals surface area contributed by atoms with Crippen LogP contribution in [-0.4, -0.2) is 0 Å². The van der Waals surface area contributed by atoms with E-state index in [2.05, 4.69) is 246 Å². The van der Waals surface area contributed by atoms with Gasteiger partial charge in [0.05, 0.1) is 0 Å². The first kappa shape index (κ1) is 37.3. The van der Waals surface area contributed by atoms with Crippen LogP contribution in [0.1, 0.15) is 6.92 Å². The molecule has 0 bridgehead atoms. The first-order valence-electron chi connectivity index (χ1n) is 19.7. The molecule has 0 atom stereocenters. The molecule has 0 saturated heterocycles. The quantitative estimate of drug-likeness (QED) is 0.109. The van der Waals surface area contributed by atoms with Gasteiger partial charge in [0.2, 0.25) is 0 Å². The maximum absolute atomic E-state index is 3.96. The minimum absolute atomic E-state index is 1.04. The molecule has 0 saturated carbocycles. The van der Waals surface area contributed by atoms with Crippen molar-refractivity contribution in [1.82, 2.24) is 0 Å². The molecule has 0 heterocycles. The van der Waals surface area contributed by atoms with Crippen LogP contribution in [-0.2, 0) is 0 Å². The summed E-state index contributed by atoms with van der Waals surface area (Å²) >= 11 is 0. The van der Waals surface area contributed by atoms with Crippen molar-refractivity contribution in [2.45, 2.75) is 6.92 Å². The maximum Gasteiger partial charge on any atom is 0.0462 e. The Balaban J connectivity index is 1.05. The van der Waals surface area contributed by atoms with Crippen LogP contribution in [0.25, 0.3) is 22.3 Å². The third kappa shape index (κ3) is 8.30. The second-order valence-corrected chi connectivity index (χ2v) is 13.9. The average molecular weight is 748 g/mol. The van der Waals surface area contributed by atoms with E-state index in [-0.39, 0.29) is 0 Å². The lowest BCUT2D eigenvalue weighted by Gasteiger charge is -2.27. The lowest BCUT2D eigenvalue weighted by atomic mass is 10.0. The Hall–Kier alpha value is -7.62. The van der Waals surface area contributed by atoms with Crippen LogP contribution in [0.4, 0.5) is 45.5 Å². The van der Waals surface area contributed by atoms with E-state index >= 15 is 0 Å². The summed E-state index contributed by atoms with van der Waals surface area (Å²) in [5, 5.41) is 0. The molecular formula is C55H45N3. The SMILES string of the molecule is C=C/C=C(\C=C/C)N(c1ccccc1)c1ccc(-c2ccc(N(c3ccccc3)c3ccc(-c4ccc(N(c5ccccc5)c5ccccc5)cc4)cc3)cc2)cc1. The third-order valence-electron chi connectivity index (χ3n) is 10.1. The Morgan fingerprint density at radius 3 is 0.897 bits per heavy atom. The van der Waals surface area contributed by atoms with Gasteiger partial charge < -0.3 is 14.7 Å². The van der Waals surface area contributed by atoms with Gasteiger partial charge in [0.1, 0.15) is 0 Å². The number of anilines is 8. The second kappa shape index (κ2) is 17.9. The van der Waals surface area contributed by atoms with Crippen molar-refractivity contribution >= 4 is 45.5 Å². The van der Waals surface area contributed by atoms with Gasteiger partial charge in [0.25, 0.3) is 0 Å². The molecule has 0 aliphatic heterocycles. The summed E-state index contributed by atoms with van der Waals surface area (Å²) in [6.07, 6.45) is 8.03. The Bertz CT molecular complexity index is 2540. The molecule has 3 nitrogen and oxygen atoms in total. The first-order valence-corrected chi connectivity index (χ1v) is 19.7. The molecule has 0 N–H and O–H groups in total. The van der Waals surface area contributed by atoms with Crippen LogP contribution in [0.15, 0.2) is 255 Å². The van der Waals surface area contributed by atoms with Crippen LogP contribution < -0.4 is 14.7 Å². The van der Waals surface area contributed by atoms with Crippen molar-refractivity contribution in [2.75, 3.05) is 14.7 Å². The lowest BCUT2D eigenvalue weighted by Crippen LogP contribution is -2.15. The Kier molecular flexibility index (Phi) is 11.5. The van der Waals surface area contributed by atoms with E-state index in [1.54, 1.807) is 0 Å². The standard InChI is InChI=1S/C55H45N3/c1-3-17-47(18-4-2)56(48-19-9-5-10-20-48)52-35-27-43(28-36-52)45-31-39-54(40-32-45)58(51-25-15-8-16-26-51)55-41-33-46(34-42-55)44-29-37-53(38-30-44)57(49-21-11-6-12-22-49)50-23-13-7-14-24-50/h3-42H,1H2,2H3/b18-4-,47-17+. The van der Waals surface area contributed by atoms with Gasteiger partial charge in [-0.15, -0.1) is 0 Å². The van der Waals surface area contributed by atoms with Crippen LogP contribution >= 0.6 is 0 Å². The fourth-order valence-corrected chi connectivity index (χ4v) is 7.36. The molecule has 8 aromatic rings. The van der Waals surface area contributed by atoms with Crippen molar-refractivity contribution in [3.63, 3.8) is 0 Å². The molecule has 8 aromatic carbocycles. The Morgan fingerprint density at radius 1 is 0.345 bits per heavy atom. The second-order valence-electron chi connectivity index (χ2n) is 13.9. The molecule has 0 fully saturated rings. The molecule has 0 radical (unpaired) electrons. The first-order chi connectivity index (χ1) is 28.7. The normalized spacial score (nSPS) is 11.3. The molecule has 0 aliphatic rings. The van der Waals surface area contributed by atoms with Crippen molar-refractivity contribution in [3.05, 3.63) is 255 Å². The third-order valence-corrected chi connectivity index (χ3v) is 10.1. The molecule has 8 rings (SSSR count). The average Bonchev–Trinajstić information content (AvgIpc) is 3.29. The number of allylic oxidation sites excluding steroid dienone is 4. The van der Waals surface area contributed by atoms with E-state index in [1.807, 2.05) is 25.1 Å². The van der Waals surface area contributed by atoms with Gasteiger partial charge in [-0.05, 0) is 138 Å². The maximum atomic E-state index is 3.96. The molecule has 3 heteroatoms. The largest absolute Gasteiger partial charge is 0.311 e. The molecular weight excluding hydrogens is 703 g/mol. The number of hydrogen-bond acceptors (Lipinski definition) is 3. The summed E-state index contributed by atoms with van der Waals surface area (Å²) in [6, 6.07) is 77.3. The molecule has 0 amide bonds. The summed E-state index contributed by atoms with van der Waals surface area (Å²) in [5.74, 6) is 0. The number of hydrogen-bond donors (Lipinski definition) is 0. The van der Waals surface area contributed by atoms with Crippen molar-refractivity contribution in [2.24, 2.45) is 0 Å². The Morgan fingerprint density at radius 2 is 0.603 bits per heavy atom. The van der Waals surface area contributed by atoms with E-state index in [4.69, 9.17) is 0 Å².